The Morgan fingerprint density at radius 2 is 1.69 bits per heavy atom. The number of rotatable bonds is 6. The van der Waals surface area contributed by atoms with Crippen LogP contribution in [0.2, 0.25) is 0 Å². The molecule has 9 N–H and O–H groups in total. The smallest absolute Gasteiger partial charge is 0.412 e. The van der Waals surface area contributed by atoms with E-state index in [4.69, 9.17) is 5.73 Å². The van der Waals surface area contributed by atoms with Crippen LogP contribution in [0.5, 0.6) is 0 Å². The van der Waals surface area contributed by atoms with Crippen LogP contribution in [0.1, 0.15) is 36.0 Å². The second-order valence-electron chi connectivity index (χ2n) is 7.39. The minimum Gasteiger partial charge on any atom is -0.412 e. The molecule has 3 rings (SSSR count). The third-order valence-electron chi connectivity index (χ3n) is 5.33. The van der Waals surface area contributed by atoms with Crippen LogP contribution in [-0.2, 0) is 4.79 Å². The number of hydrogen-bond acceptors (Lipinski definition) is 4. The maximum atomic E-state index is 12.7. The number of nitrogen functional groups attached to an aromatic ring is 1. The molecule has 175 valence electrons. The summed E-state index contributed by atoms with van der Waals surface area (Å²) in [5, 5.41) is 3.12. The van der Waals surface area contributed by atoms with Gasteiger partial charge in [-0.3, -0.25) is 4.79 Å². The van der Waals surface area contributed by atoms with Gasteiger partial charge in [0.15, 0.2) is 0 Å². The van der Waals surface area contributed by atoms with Crippen molar-refractivity contribution < 1.29 is 26.0 Å². The fourth-order valence-corrected chi connectivity index (χ4v) is 3.88. The van der Waals surface area contributed by atoms with E-state index in [1.165, 1.54) is 4.40 Å². The maximum Gasteiger partial charge on any atom is -0.412 e. The third-order valence-corrected chi connectivity index (χ3v) is 6.03. The maximum absolute atomic E-state index is 12.7. The van der Waals surface area contributed by atoms with Gasteiger partial charge in [-0.1, -0.05) is 0 Å². The second-order valence-corrected chi connectivity index (χ2v) is 8.60. The van der Waals surface area contributed by atoms with E-state index in [0.717, 1.165) is 31.5 Å². The van der Waals surface area contributed by atoms with E-state index < -0.39 is 0 Å². The molecule has 2 aromatic carbocycles. The minimum atomic E-state index is -0.106. The Morgan fingerprint density at radius 3 is 2.31 bits per heavy atom. The molecule has 0 aliphatic carbocycles. The summed E-state index contributed by atoms with van der Waals surface area (Å²) in [5.41, 5.74) is 7.83. The molecule has 2 amide bonds. The number of benzene rings is 2. The van der Waals surface area contributed by atoms with Crippen molar-refractivity contribution in [3.8, 4) is 0 Å². The minimum absolute atomic E-state index is 0. The van der Waals surface area contributed by atoms with Gasteiger partial charge in [0, 0.05) is 11.3 Å². The largest absolute Gasteiger partial charge is 0.412 e. The van der Waals surface area contributed by atoms with Crippen LogP contribution in [0, 0.1) is 0 Å². The number of piperidine rings is 1. The summed E-state index contributed by atoms with van der Waals surface area (Å²) in [6.45, 7) is 1.51. The molecular formula is C22H33GeN4O5. The molecule has 0 aromatic heterocycles. The summed E-state index contributed by atoms with van der Waals surface area (Å²) < 4.78 is 1.17. The molecule has 1 unspecified atom stereocenters. The number of nitrogens with zero attached hydrogens (tertiary/aromatic N) is 2. The van der Waals surface area contributed by atoms with E-state index in [9.17, 15) is 9.59 Å². The molecule has 1 heterocycles. The van der Waals surface area contributed by atoms with Crippen molar-refractivity contribution in [2.24, 2.45) is 0 Å². The summed E-state index contributed by atoms with van der Waals surface area (Å²) in [7, 11) is 1.81. The van der Waals surface area contributed by atoms with Crippen molar-refractivity contribution in [2.45, 2.75) is 31.8 Å². The van der Waals surface area contributed by atoms with Gasteiger partial charge in [-0.15, -0.1) is 0 Å². The van der Waals surface area contributed by atoms with E-state index in [1.54, 1.807) is 29.2 Å². The fraction of sp³-hybridized carbons (Fsp3) is 0.364. The van der Waals surface area contributed by atoms with Crippen LogP contribution < -0.4 is 20.3 Å². The fourth-order valence-electron chi connectivity index (χ4n) is 3.53. The van der Waals surface area contributed by atoms with Crippen molar-refractivity contribution in [3.05, 3.63) is 54.1 Å². The van der Waals surface area contributed by atoms with Gasteiger partial charge in [0.1, 0.15) is 0 Å². The first-order valence-electron chi connectivity index (χ1n) is 9.93. The Labute approximate surface area is 197 Å². The molecule has 1 atom stereocenters. The summed E-state index contributed by atoms with van der Waals surface area (Å²) >= 11 is 2.03. The van der Waals surface area contributed by atoms with Crippen LogP contribution in [0.3, 0.4) is 0 Å². The molecular weight excluding hydrogens is 473 g/mol. The van der Waals surface area contributed by atoms with Crippen LogP contribution in [0.25, 0.3) is 0 Å². The number of carbonyl (C=O) groups is 2. The average Bonchev–Trinajstić information content (AvgIpc) is 2.73. The number of hydrogen-bond donors (Lipinski definition) is 2. The number of nitrogens with one attached hydrogen (secondary N) is 1. The molecule has 3 radical (unpaired) electrons. The van der Waals surface area contributed by atoms with Crippen LogP contribution in [0.4, 0.5) is 11.4 Å². The second kappa shape index (κ2) is 13.9. The zero-order valence-electron chi connectivity index (χ0n) is 18.2. The van der Waals surface area contributed by atoms with E-state index in [1.807, 2.05) is 47.8 Å². The van der Waals surface area contributed by atoms with Crippen LogP contribution >= 0.6 is 0 Å². The van der Waals surface area contributed by atoms with Gasteiger partial charge in [0.25, 0.3) is 0 Å². The molecule has 0 bridgehead atoms. The molecule has 32 heavy (non-hydrogen) atoms. The number of carbonyl (C=O) groups excluding carboxylic acids is 2. The Kier molecular flexibility index (Phi) is 12.8. The molecule has 1 aliphatic heterocycles. The SMILES string of the molecule is CN(C(=O)CCN1CCCCC1NC(=O)c1ccc(N)cc1)c1cc[c]([Ge])cc1.O.O.O. The first kappa shape index (κ1) is 29.6. The number of nitrogens with two attached hydrogens (primary N) is 1. The molecule has 1 saturated heterocycles. The Hall–Kier alpha value is -2.44. The Bertz CT molecular complexity index is 848. The van der Waals surface area contributed by atoms with Gasteiger partial charge in [-0.05, 0) is 24.3 Å². The number of amides is 2. The molecule has 10 heteroatoms. The zero-order chi connectivity index (χ0) is 20.8. The Morgan fingerprint density at radius 1 is 1.06 bits per heavy atom. The van der Waals surface area contributed by atoms with Crippen LogP contribution in [-0.4, -0.2) is 76.0 Å². The molecule has 0 spiro atoms. The van der Waals surface area contributed by atoms with E-state index >= 15 is 0 Å². The van der Waals surface area contributed by atoms with E-state index in [-0.39, 0.29) is 34.4 Å². The average molecular weight is 506 g/mol. The summed E-state index contributed by atoms with van der Waals surface area (Å²) in [5.74, 6) is -0.0342. The van der Waals surface area contributed by atoms with Crippen molar-refractivity contribution in [3.63, 3.8) is 0 Å². The summed E-state index contributed by atoms with van der Waals surface area (Å²) in [6.07, 6.45) is 3.41. The molecule has 0 saturated carbocycles. The summed E-state index contributed by atoms with van der Waals surface area (Å²) in [6, 6.07) is 14.9. The summed E-state index contributed by atoms with van der Waals surface area (Å²) in [4.78, 5) is 29.1. The molecule has 1 aliphatic rings. The van der Waals surface area contributed by atoms with Crippen molar-refractivity contribution in [2.75, 3.05) is 30.8 Å². The normalized spacial score (nSPS) is 15.4. The van der Waals surface area contributed by atoms with Crippen molar-refractivity contribution in [1.29, 1.82) is 0 Å². The zero-order valence-corrected chi connectivity index (χ0v) is 20.3. The quantitative estimate of drug-likeness (QED) is 0.385. The van der Waals surface area contributed by atoms with Gasteiger partial charge in [0.2, 0.25) is 0 Å². The van der Waals surface area contributed by atoms with Gasteiger partial charge < -0.3 is 22.2 Å². The predicted molar refractivity (Wildman–Crippen MR) is 128 cm³/mol. The van der Waals surface area contributed by atoms with Gasteiger partial charge in [0.05, 0.1) is 0 Å². The first-order valence-corrected chi connectivity index (χ1v) is 11.0. The number of anilines is 2. The van der Waals surface area contributed by atoms with Gasteiger partial charge in [-0.25, -0.2) is 0 Å². The predicted octanol–water partition coefficient (Wildman–Crippen LogP) is -0.817. The van der Waals surface area contributed by atoms with Crippen molar-refractivity contribution >= 4 is 44.1 Å². The van der Waals surface area contributed by atoms with E-state index in [0.29, 0.717) is 24.2 Å². The molecule has 1 fully saturated rings. The van der Waals surface area contributed by atoms with E-state index in [2.05, 4.69) is 10.2 Å². The molecule has 9 nitrogen and oxygen atoms in total. The Balaban J connectivity index is 0.00000320. The first-order chi connectivity index (χ1) is 13.9. The monoisotopic (exact) mass is 507 g/mol. The third kappa shape index (κ3) is 7.92. The molecule has 2 aromatic rings. The standard InChI is InChI=1S/C22H27GeN4O2.3H2O/c1-26(19-11-7-17(23)8-12-19)21(28)13-15-27-14-3-2-4-20(27)25-22(29)16-5-9-18(24)10-6-16;;;/h5-12,20H,2-4,13-15,24H2,1H3,(H,25,29);3*1H2. The van der Waals surface area contributed by atoms with Gasteiger partial charge in [-0.2, -0.15) is 0 Å². The van der Waals surface area contributed by atoms with Gasteiger partial charge >= 0.3 is 135 Å². The van der Waals surface area contributed by atoms with Crippen LogP contribution in [0.15, 0.2) is 48.5 Å². The topological polar surface area (TPSA) is 173 Å². The number of likely N-dealkylation sites (tertiary alicyclic amines) is 1. The van der Waals surface area contributed by atoms with Crippen molar-refractivity contribution in [1.82, 2.24) is 10.2 Å².